The lowest BCUT2D eigenvalue weighted by Gasteiger charge is -2.02. The maximum atomic E-state index is 13.1. The van der Waals surface area contributed by atoms with Gasteiger partial charge in [-0.1, -0.05) is 41.7 Å². The lowest BCUT2D eigenvalue weighted by molar-refractivity contribution is 0.0702. The van der Waals surface area contributed by atoms with Gasteiger partial charge in [-0.05, 0) is 24.3 Å². The van der Waals surface area contributed by atoms with Gasteiger partial charge in [-0.15, -0.1) is 0 Å². The molecule has 2 heterocycles. The smallest absolute Gasteiger partial charge is 0.348 e. The van der Waals surface area contributed by atoms with Gasteiger partial charge in [-0.3, -0.25) is 4.40 Å². The van der Waals surface area contributed by atoms with Gasteiger partial charge in [0.2, 0.25) is 0 Å². The van der Waals surface area contributed by atoms with Crippen molar-refractivity contribution in [3.63, 3.8) is 0 Å². The molecule has 2 aromatic heterocycles. The van der Waals surface area contributed by atoms with Crippen molar-refractivity contribution in [3.8, 4) is 22.5 Å². The number of carbonyl (C=O) groups is 1. The van der Waals surface area contributed by atoms with Crippen LogP contribution in [0.3, 0.4) is 0 Å². The molecule has 0 saturated carbocycles. The van der Waals surface area contributed by atoms with E-state index in [-0.39, 0.29) is 10.7 Å². The molecule has 6 heteroatoms. The zero-order chi connectivity index (χ0) is 16.7. The number of nitrogens with zero attached hydrogens (tertiary/aromatic N) is 2. The Morgan fingerprint density at radius 2 is 1.75 bits per heavy atom. The monoisotopic (exact) mass is 338 g/mol. The fourth-order valence-corrected chi connectivity index (χ4v) is 3.58. The number of carboxylic acid groups (broad SMARTS) is 1. The summed E-state index contributed by atoms with van der Waals surface area (Å²) in [7, 11) is 0. The Hall–Kier alpha value is -2.99. The Morgan fingerprint density at radius 1 is 1.04 bits per heavy atom. The summed E-state index contributed by atoms with van der Waals surface area (Å²) in [5.41, 5.74) is 2.87. The average molecular weight is 338 g/mol. The maximum absolute atomic E-state index is 13.1. The highest BCUT2D eigenvalue weighted by atomic mass is 32.1. The number of benzene rings is 2. The number of carboxylic acids is 1. The second-order valence-corrected chi connectivity index (χ2v) is 6.21. The average Bonchev–Trinajstić information content (AvgIpc) is 3.14. The highest BCUT2D eigenvalue weighted by molar-refractivity contribution is 7.19. The van der Waals surface area contributed by atoms with Gasteiger partial charge in [0.1, 0.15) is 10.7 Å². The summed E-state index contributed by atoms with van der Waals surface area (Å²) >= 11 is 1.12. The van der Waals surface area contributed by atoms with Gasteiger partial charge in [0.05, 0.1) is 11.4 Å². The van der Waals surface area contributed by atoms with Crippen LogP contribution in [0.1, 0.15) is 9.67 Å². The lowest BCUT2D eigenvalue weighted by Crippen LogP contribution is -1.97. The van der Waals surface area contributed by atoms with Crippen molar-refractivity contribution in [1.82, 2.24) is 9.38 Å². The Labute approximate surface area is 140 Å². The molecule has 0 spiro atoms. The second-order valence-electron chi connectivity index (χ2n) is 5.24. The van der Waals surface area contributed by atoms with Gasteiger partial charge < -0.3 is 5.11 Å². The molecular formula is C18H11FN2O2S. The van der Waals surface area contributed by atoms with Gasteiger partial charge in [-0.25, -0.2) is 14.2 Å². The maximum Gasteiger partial charge on any atom is 0.348 e. The van der Waals surface area contributed by atoms with Crippen LogP contribution in [0, 0.1) is 5.82 Å². The highest BCUT2D eigenvalue weighted by Crippen LogP contribution is 2.33. The molecule has 0 bridgehead atoms. The number of halogens is 1. The molecule has 0 saturated heterocycles. The summed E-state index contributed by atoms with van der Waals surface area (Å²) in [5, 5.41) is 9.49. The number of aromatic carboxylic acids is 1. The van der Waals surface area contributed by atoms with E-state index >= 15 is 0 Å². The van der Waals surface area contributed by atoms with Crippen molar-refractivity contribution in [3.05, 3.63) is 71.5 Å². The van der Waals surface area contributed by atoms with Gasteiger partial charge >= 0.3 is 5.97 Å². The molecule has 4 nitrogen and oxygen atoms in total. The first kappa shape index (κ1) is 14.6. The van der Waals surface area contributed by atoms with Crippen LogP contribution in [-0.4, -0.2) is 20.5 Å². The van der Waals surface area contributed by atoms with Crippen LogP contribution in [0.5, 0.6) is 0 Å². The molecular weight excluding hydrogens is 327 g/mol. The molecule has 24 heavy (non-hydrogen) atoms. The second kappa shape index (κ2) is 5.58. The quantitative estimate of drug-likeness (QED) is 0.595. The van der Waals surface area contributed by atoms with Crippen LogP contribution in [0.4, 0.5) is 4.39 Å². The van der Waals surface area contributed by atoms with E-state index in [0.29, 0.717) is 16.3 Å². The van der Waals surface area contributed by atoms with Crippen LogP contribution in [0.15, 0.2) is 60.8 Å². The zero-order valence-corrected chi connectivity index (χ0v) is 13.1. The first-order chi connectivity index (χ1) is 11.6. The third-order valence-electron chi connectivity index (χ3n) is 3.70. The van der Waals surface area contributed by atoms with Crippen LogP contribution in [0.2, 0.25) is 0 Å². The van der Waals surface area contributed by atoms with E-state index < -0.39 is 5.97 Å². The van der Waals surface area contributed by atoms with Crippen LogP contribution in [0.25, 0.3) is 27.5 Å². The first-order valence-corrected chi connectivity index (χ1v) is 8.01. The summed E-state index contributed by atoms with van der Waals surface area (Å²) in [5.74, 6) is -1.29. The predicted molar refractivity (Wildman–Crippen MR) is 90.9 cm³/mol. The number of aromatic nitrogens is 2. The largest absolute Gasteiger partial charge is 0.477 e. The van der Waals surface area contributed by atoms with E-state index in [2.05, 4.69) is 4.98 Å². The van der Waals surface area contributed by atoms with Crippen molar-refractivity contribution in [2.75, 3.05) is 0 Å². The number of hydrogen-bond donors (Lipinski definition) is 1. The Kier molecular flexibility index (Phi) is 3.39. The standard InChI is InChI=1S/C18H11FN2O2S/c19-13-8-6-11(7-9-13)14-10-21-15(12-4-2-1-3-5-12)16(17(22)23)24-18(21)20-14/h1-10H,(H,22,23). The van der Waals surface area contributed by atoms with Crippen molar-refractivity contribution in [1.29, 1.82) is 0 Å². The molecule has 2 aromatic carbocycles. The molecule has 0 radical (unpaired) electrons. The van der Waals surface area contributed by atoms with Crippen molar-refractivity contribution < 1.29 is 14.3 Å². The molecule has 1 N–H and O–H groups in total. The summed E-state index contributed by atoms with van der Waals surface area (Å²) in [6.45, 7) is 0. The molecule has 0 aliphatic heterocycles. The third-order valence-corrected chi connectivity index (χ3v) is 4.75. The molecule has 0 amide bonds. The molecule has 4 rings (SSSR count). The summed E-state index contributed by atoms with van der Waals surface area (Å²) in [6, 6.07) is 15.4. The third kappa shape index (κ3) is 2.37. The van der Waals surface area contributed by atoms with E-state index in [0.717, 1.165) is 22.5 Å². The molecule has 0 aliphatic carbocycles. The van der Waals surface area contributed by atoms with Crippen molar-refractivity contribution >= 4 is 22.3 Å². The molecule has 0 atom stereocenters. The van der Waals surface area contributed by atoms with E-state index in [1.165, 1.54) is 12.1 Å². The first-order valence-electron chi connectivity index (χ1n) is 7.20. The SMILES string of the molecule is O=C(O)c1sc2nc(-c3ccc(F)cc3)cn2c1-c1ccccc1. The van der Waals surface area contributed by atoms with E-state index in [1.807, 2.05) is 30.3 Å². The van der Waals surface area contributed by atoms with Gasteiger partial charge in [0, 0.05) is 17.3 Å². The predicted octanol–water partition coefficient (Wildman–Crippen LogP) is 4.57. The van der Waals surface area contributed by atoms with E-state index in [9.17, 15) is 14.3 Å². The van der Waals surface area contributed by atoms with Crippen LogP contribution in [-0.2, 0) is 0 Å². The van der Waals surface area contributed by atoms with E-state index in [4.69, 9.17) is 0 Å². The molecule has 118 valence electrons. The summed E-state index contributed by atoms with van der Waals surface area (Å²) < 4.78 is 14.9. The topological polar surface area (TPSA) is 54.6 Å². The fourth-order valence-electron chi connectivity index (χ4n) is 2.62. The zero-order valence-electron chi connectivity index (χ0n) is 12.3. The molecule has 0 fully saturated rings. The van der Waals surface area contributed by atoms with Crippen molar-refractivity contribution in [2.24, 2.45) is 0 Å². The van der Waals surface area contributed by atoms with Gasteiger partial charge in [-0.2, -0.15) is 0 Å². The molecule has 0 unspecified atom stereocenters. The minimum Gasteiger partial charge on any atom is -0.477 e. The normalized spacial score (nSPS) is 11.0. The Balaban J connectivity index is 1.93. The number of fused-ring (bicyclic) bond motifs is 1. The van der Waals surface area contributed by atoms with Crippen molar-refractivity contribution in [2.45, 2.75) is 0 Å². The minimum absolute atomic E-state index is 0.245. The van der Waals surface area contributed by atoms with Crippen LogP contribution < -0.4 is 0 Å². The van der Waals surface area contributed by atoms with Crippen LogP contribution >= 0.6 is 11.3 Å². The Bertz CT molecular complexity index is 1040. The van der Waals surface area contributed by atoms with E-state index in [1.54, 1.807) is 22.7 Å². The number of thiazole rings is 1. The summed E-state index contributed by atoms with van der Waals surface area (Å²) in [4.78, 5) is 16.9. The molecule has 0 aliphatic rings. The number of imidazole rings is 1. The minimum atomic E-state index is -0.979. The summed E-state index contributed by atoms with van der Waals surface area (Å²) in [6.07, 6.45) is 1.79. The number of hydrogen-bond acceptors (Lipinski definition) is 3. The van der Waals surface area contributed by atoms with Gasteiger partial charge in [0.25, 0.3) is 0 Å². The number of rotatable bonds is 3. The van der Waals surface area contributed by atoms with Gasteiger partial charge in [0.15, 0.2) is 4.96 Å². The molecule has 4 aromatic rings. The highest BCUT2D eigenvalue weighted by Gasteiger charge is 2.21. The Morgan fingerprint density at radius 3 is 2.42 bits per heavy atom. The fraction of sp³-hybridized carbons (Fsp3) is 0. The lowest BCUT2D eigenvalue weighted by atomic mass is 10.1.